The minimum absolute atomic E-state index is 0.645. The zero-order valence-corrected chi connectivity index (χ0v) is 8.20. The first-order valence-corrected chi connectivity index (χ1v) is 4.31. The van der Waals surface area contributed by atoms with E-state index in [9.17, 15) is 0 Å². The van der Waals surface area contributed by atoms with Gasteiger partial charge in [0.2, 0.25) is 0 Å². The van der Waals surface area contributed by atoms with Gasteiger partial charge in [-0.1, -0.05) is 0 Å². The first kappa shape index (κ1) is 8.68. The Labute approximate surface area is 81.4 Å². The summed E-state index contributed by atoms with van der Waals surface area (Å²) < 4.78 is 0. The summed E-state index contributed by atoms with van der Waals surface area (Å²) in [5, 5.41) is 4.75. The van der Waals surface area contributed by atoms with Crippen LogP contribution in [0.15, 0.2) is 6.20 Å². The number of aromatic nitrogens is 2. The summed E-state index contributed by atoms with van der Waals surface area (Å²) in [7, 11) is 0. The van der Waals surface area contributed by atoms with Gasteiger partial charge in [-0.05, 0) is 25.0 Å². The average Bonchev–Trinajstić information content (AvgIpc) is 2.54. The molecule has 1 aromatic heterocycles. The second-order valence-corrected chi connectivity index (χ2v) is 3.43. The smallest absolute Gasteiger partial charge is 0.117 e. The van der Waals surface area contributed by atoms with E-state index in [2.05, 4.69) is 5.10 Å². The highest BCUT2D eigenvalue weighted by Crippen LogP contribution is 2.32. The molecule has 6 N–H and O–H groups in total. The van der Waals surface area contributed by atoms with Crippen LogP contribution in [0.3, 0.4) is 0 Å². The maximum Gasteiger partial charge on any atom is 0.117 e. The molecule has 0 aliphatic rings. The second-order valence-electron chi connectivity index (χ2n) is 3.43. The summed E-state index contributed by atoms with van der Waals surface area (Å²) in [6.07, 6.45) is 1.63. The first-order chi connectivity index (χ1) is 6.54. The monoisotopic (exact) mass is 191 g/mol. The molecule has 2 aromatic rings. The van der Waals surface area contributed by atoms with Crippen LogP contribution in [0.4, 0.5) is 11.4 Å². The van der Waals surface area contributed by atoms with Gasteiger partial charge in [-0.2, -0.15) is 9.89 Å². The predicted molar refractivity (Wildman–Crippen MR) is 58.2 cm³/mol. The van der Waals surface area contributed by atoms with Gasteiger partial charge in [-0.3, -0.25) is 0 Å². The van der Waals surface area contributed by atoms with Crippen LogP contribution in [0.2, 0.25) is 0 Å². The number of hydrogen-bond donors (Lipinski definition) is 3. The Bertz CT molecular complexity index is 512. The molecule has 0 aliphatic heterocycles. The molecule has 0 amide bonds. The first-order valence-electron chi connectivity index (χ1n) is 4.31. The van der Waals surface area contributed by atoms with Gasteiger partial charge in [0.1, 0.15) is 5.52 Å². The molecule has 0 spiro atoms. The highest BCUT2D eigenvalue weighted by atomic mass is 15.5. The van der Waals surface area contributed by atoms with Crippen LogP contribution in [-0.4, -0.2) is 9.89 Å². The molecule has 5 heteroatoms. The average molecular weight is 191 g/mol. The molecule has 0 atom stereocenters. The van der Waals surface area contributed by atoms with E-state index in [1.165, 1.54) is 4.79 Å². The van der Waals surface area contributed by atoms with Gasteiger partial charge < -0.3 is 17.3 Å². The Morgan fingerprint density at radius 2 is 1.71 bits per heavy atom. The number of hydrogen-bond acceptors (Lipinski definition) is 4. The Kier molecular flexibility index (Phi) is 1.57. The fourth-order valence-corrected chi connectivity index (χ4v) is 1.61. The predicted octanol–water partition coefficient (Wildman–Crippen LogP) is 0.531. The molecule has 0 fully saturated rings. The van der Waals surface area contributed by atoms with Crippen LogP contribution in [0.25, 0.3) is 10.9 Å². The minimum atomic E-state index is 0.645. The third-order valence-electron chi connectivity index (χ3n) is 2.71. The number of nitrogen functional groups attached to an aromatic ring is 3. The van der Waals surface area contributed by atoms with Crippen LogP contribution in [0.1, 0.15) is 11.1 Å². The zero-order chi connectivity index (χ0) is 10.5. The molecular weight excluding hydrogens is 178 g/mol. The van der Waals surface area contributed by atoms with Gasteiger partial charge in [-0.25, -0.2) is 0 Å². The molecular formula is C9H13N5. The van der Waals surface area contributed by atoms with Crippen molar-refractivity contribution in [1.29, 1.82) is 0 Å². The SMILES string of the molecule is Cc1c(C)c(N)c2c(cnn2N)c1N. The van der Waals surface area contributed by atoms with E-state index >= 15 is 0 Å². The number of benzene rings is 1. The van der Waals surface area contributed by atoms with Crippen molar-refractivity contribution >= 4 is 22.3 Å². The Balaban J connectivity index is 3.05. The van der Waals surface area contributed by atoms with Gasteiger partial charge >= 0.3 is 0 Å². The van der Waals surface area contributed by atoms with E-state index in [0.29, 0.717) is 16.9 Å². The van der Waals surface area contributed by atoms with E-state index in [1.54, 1.807) is 6.20 Å². The van der Waals surface area contributed by atoms with E-state index in [4.69, 9.17) is 17.3 Å². The standard InChI is InChI=1S/C9H13N5/c1-4-5(2)8(11)9-6(7(4)10)3-13-14(9)12/h3H,10-12H2,1-2H3. The summed E-state index contributed by atoms with van der Waals surface area (Å²) in [5.41, 5.74) is 15.9. The van der Waals surface area contributed by atoms with E-state index < -0.39 is 0 Å². The Morgan fingerprint density at radius 3 is 2.36 bits per heavy atom. The summed E-state index contributed by atoms with van der Waals surface area (Å²) in [4.78, 5) is 1.26. The lowest BCUT2D eigenvalue weighted by atomic mass is 10.0. The van der Waals surface area contributed by atoms with E-state index in [1.807, 2.05) is 13.8 Å². The van der Waals surface area contributed by atoms with Crippen molar-refractivity contribution < 1.29 is 0 Å². The fourth-order valence-electron chi connectivity index (χ4n) is 1.61. The third kappa shape index (κ3) is 0.863. The summed E-state index contributed by atoms with van der Waals surface area (Å²) >= 11 is 0. The van der Waals surface area contributed by atoms with Crippen molar-refractivity contribution in [3.63, 3.8) is 0 Å². The van der Waals surface area contributed by atoms with Crippen LogP contribution >= 0.6 is 0 Å². The van der Waals surface area contributed by atoms with Crippen LogP contribution in [0.5, 0.6) is 0 Å². The number of rotatable bonds is 0. The molecule has 0 saturated carbocycles. The number of fused-ring (bicyclic) bond motifs is 1. The molecule has 1 aromatic carbocycles. The highest BCUT2D eigenvalue weighted by molar-refractivity contribution is 6.01. The van der Waals surface area contributed by atoms with E-state index in [0.717, 1.165) is 16.5 Å². The summed E-state index contributed by atoms with van der Waals surface area (Å²) in [6, 6.07) is 0. The van der Waals surface area contributed by atoms with Crippen molar-refractivity contribution in [3.05, 3.63) is 17.3 Å². The van der Waals surface area contributed by atoms with Crippen molar-refractivity contribution in [2.75, 3.05) is 17.3 Å². The van der Waals surface area contributed by atoms with Crippen molar-refractivity contribution in [2.24, 2.45) is 0 Å². The van der Waals surface area contributed by atoms with Crippen LogP contribution in [-0.2, 0) is 0 Å². The fraction of sp³-hybridized carbons (Fsp3) is 0.222. The number of nitrogens with two attached hydrogens (primary N) is 3. The topological polar surface area (TPSA) is 95.9 Å². The largest absolute Gasteiger partial charge is 0.398 e. The van der Waals surface area contributed by atoms with E-state index in [-0.39, 0.29) is 0 Å². The second kappa shape index (κ2) is 2.54. The molecule has 2 rings (SSSR count). The lowest BCUT2D eigenvalue weighted by Crippen LogP contribution is -2.11. The maximum absolute atomic E-state index is 5.94. The van der Waals surface area contributed by atoms with Gasteiger partial charge in [0, 0.05) is 11.1 Å². The van der Waals surface area contributed by atoms with Crippen molar-refractivity contribution in [2.45, 2.75) is 13.8 Å². The molecule has 5 nitrogen and oxygen atoms in total. The van der Waals surface area contributed by atoms with Gasteiger partial charge in [0.25, 0.3) is 0 Å². The summed E-state index contributed by atoms with van der Waals surface area (Å²) in [6.45, 7) is 3.86. The molecule has 0 saturated heterocycles. The number of anilines is 2. The third-order valence-corrected chi connectivity index (χ3v) is 2.71. The minimum Gasteiger partial charge on any atom is -0.398 e. The maximum atomic E-state index is 5.94. The quantitative estimate of drug-likeness (QED) is 0.418. The van der Waals surface area contributed by atoms with Crippen molar-refractivity contribution in [1.82, 2.24) is 9.89 Å². The molecule has 0 radical (unpaired) electrons. The summed E-state index contributed by atoms with van der Waals surface area (Å²) in [5.74, 6) is 5.63. The van der Waals surface area contributed by atoms with Gasteiger partial charge in [0.15, 0.2) is 0 Å². The molecule has 74 valence electrons. The lowest BCUT2D eigenvalue weighted by Gasteiger charge is -2.10. The normalized spacial score (nSPS) is 11.0. The Morgan fingerprint density at radius 1 is 1.14 bits per heavy atom. The van der Waals surface area contributed by atoms with Crippen LogP contribution in [0, 0.1) is 13.8 Å². The molecule has 1 heterocycles. The zero-order valence-electron chi connectivity index (χ0n) is 8.20. The Hall–Kier alpha value is -1.91. The lowest BCUT2D eigenvalue weighted by molar-refractivity contribution is 0.863. The van der Waals surface area contributed by atoms with Crippen LogP contribution < -0.4 is 17.3 Å². The van der Waals surface area contributed by atoms with Gasteiger partial charge in [-0.15, -0.1) is 0 Å². The highest BCUT2D eigenvalue weighted by Gasteiger charge is 2.13. The number of nitrogens with zero attached hydrogens (tertiary/aromatic N) is 2. The molecule has 14 heavy (non-hydrogen) atoms. The molecule has 0 aliphatic carbocycles. The van der Waals surface area contributed by atoms with Crippen molar-refractivity contribution in [3.8, 4) is 0 Å². The molecule has 0 bridgehead atoms. The van der Waals surface area contributed by atoms with Gasteiger partial charge in [0.05, 0.1) is 11.9 Å². The molecule has 0 unspecified atom stereocenters.